The minimum absolute atomic E-state index is 0.0823. The highest BCUT2D eigenvalue weighted by molar-refractivity contribution is 5.85. The lowest BCUT2D eigenvalue weighted by Gasteiger charge is -2.40. The van der Waals surface area contributed by atoms with E-state index in [1.165, 1.54) is 0 Å². The van der Waals surface area contributed by atoms with Crippen molar-refractivity contribution in [3.05, 3.63) is 130 Å². The van der Waals surface area contributed by atoms with E-state index in [1.807, 2.05) is 90.1 Å². The number of nitrogens with zero attached hydrogens (tertiary/aromatic N) is 1. The van der Waals surface area contributed by atoms with E-state index in [0.29, 0.717) is 49.3 Å². The van der Waals surface area contributed by atoms with Gasteiger partial charge in [0.2, 0.25) is 0 Å². The molecule has 0 bridgehead atoms. The van der Waals surface area contributed by atoms with Crippen molar-refractivity contribution in [2.45, 2.75) is 89.9 Å². The Bertz CT molecular complexity index is 2240. The largest absolute Gasteiger partial charge is 0.477 e. The molecule has 2 amide bonds. The van der Waals surface area contributed by atoms with E-state index in [1.54, 1.807) is 11.0 Å². The van der Waals surface area contributed by atoms with Gasteiger partial charge in [0.15, 0.2) is 11.0 Å². The van der Waals surface area contributed by atoms with Gasteiger partial charge in [0.05, 0.1) is 5.39 Å². The first-order chi connectivity index (χ1) is 27.7. The number of carbonyl (C=O) groups excluding carboxylic acids is 2. The molecule has 2 N–H and O–H groups in total. The van der Waals surface area contributed by atoms with Crippen molar-refractivity contribution >= 4 is 28.8 Å². The van der Waals surface area contributed by atoms with Gasteiger partial charge in [-0.2, -0.15) is 0 Å². The topological polar surface area (TPSA) is 119 Å². The molecule has 2 aliphatic rings. The van der Waals surface area contributed by atoms with Crippen molar-refractivity contribution in [3.8, 4) is 17.1 Å². The minimum atomic E-state index is -0.631. The number of anilines is 1. The van der Waals surface area contributed by atoms with Gasteiger partial charge in [0.25, 0.3) is 0 Å². The number of hydrogen-bond acceptors (Lipinski definition) is 8. The highest BCUT2D eigenvalue weighted by Gasteiger charge is 2.61. The van der Waals surface area contributed by atoms with Crippen molar-refractivity contribution < 1.29 is 28.2 Å². The number of amides is 2. The lowest BCUT2D eigenvalue weighted by atomic mass is 9.78. The van der Waals surface area contributed by atoms with Crippen LogP contribution in [0.2, 0.25) is 0 Å². The first kappa shape index (κ1) is 40.4. The number of fused-ring (bicyclic) bond motifs is 5. The van der Waals surface area contributed by atoms with Crippen LogP contribution in [0.5, 0.6) is 5.75 Å². The molecule has 1 aliphatic carbocycles. The van der Waals surface area contributed by atoms with E-state index >= 15 is 0 Å². The molecule has 1 aliphatic heterocycles. The zero-order valence-electron chi connectivity index (χ0n) is 34.4. The van der Waals surface area contributed by atoms with Gasteiger partial charge in [-0.3, -0.25) is 4.79 Å². The third-order valence-electron chi connectivity index (χ3n) is 10.5. The zero-order chi connectivity index (χ0) is 41.1. The Morgan fingerprint density at radius 2 is 1.41 bits per heavy atom. The van der Waals surface area contributed by atoms with Gasteiger partial charge >= 0.3 is 12.2 Å². The number of nitrogens with one attached hydrogen (secondary N) is 2. The Hall–Kier alpha value is -5.77. The molecule has 10 heteroatoms. The number of unbranched alkanes of at least 4 members (excludes halogenated alkanes) is 1. The SMILES string of the molecule is CC(C)(C)OC(=O)NCCCN(CCCCNc1ccc(-c2cc(=O)c3ccc4c(c3o2)C2CC2C(c2ccccc2)(c2ccccc2)O4)cc1)C(=O)OC(C)(C)C. The van der Waals surface area contributed by atoms with Crippen LogP contribution in [-0.2, 0) is 15.1 Å². The van der Waals surface area contributed by atoms with E-state index < -0.39 is 22.9 Å². The molecule has 0 saturated heterocycles. The van der Waals surface area contributed by atoms with E-state index in [9.17, 15) is 14.4 Å². The van der Waals surface area contributed by atoms with Crippen LogP contribution in [0.4, 0.5) is 15.3 Å². The number of hydrogen-bond donors (Lipinski definition) is 2. The van der Waals surface area contributed by atoms with Crippen LogP contribution in [0.3, 0.4) is 0 Å². The summed E-state index contributed by atoms with van der Waals surface area (Å²) in [7, 11) is 0. The smallest absolute Gasteiger partial charge is 0.410 e. The summed E-state index contributed by atoms with van der Waals surface area (Å²) in [6, 6.07) is 34.1. The second-order valence-corrected chi connectivity index (χ2v) is 17.3. The molecule has 0 spiro atoms. The van der Waals surface area contributed by atoms with Gasteiger partial charge in [-0.05, 0) is 110 Å². The second kappa shape index (κ2) is 16.6. The molecule has 0 radical (unpaired) electrons. The summed E-state index contributed by atoms with van der Waals surface area (Å²) < 4.78 is 24.7. The Morgan fingerprint density at radius 1 is 0.776 bits per heavy atom. The Kier molecular flexibility index (Phi) is 11.6. The van der Waals surface area contributed by atoms with Gasteiger partial charge in [-0.1, -0.05) is 60.7 Å². The fourth-order valence-electron chi connectivity index (χ4n) is 7.91. The standard InChI is InChI=1S/C48H55N3O7/c1-46(2,3)57-44(53)50-27-15-29-51(45(54)58-47(4,5)6)28-14-13-26-49-35-22-20-32(21-23-35)41-31-39(52)36-24-25-40-42(43(36)55-41)37-30-38(37)48(56-40,33-16-9-7-10-17-33)34-18-11-8-12-19-34/h7-12,16-25,31,37-38,49H,13-15,26-30H2,1-6H3,(H,50,53). The molecular weight excluding hydrogens is 731 g/mol. The van der Waals surface area contributed by atoms with E-state index in [-0.39, 0.29) is 23.4 Å². The second-order valence-electron chi connectivity index (χ2n) is 17.3. The fraction of sp³-hybridized carbons (Fsp3) is 0.396. The zero-order valence-corrected chi connectivity index (χ0v) is 34.4. The molecule has 1 aromatic heterocycles. The summed E-state index contributed by atoms with van der Waals surface area (Å²) in [5, 5.41) is 6.78. The van der Waals surface area contributed by atoms with Crippen molar-refractivity contribution in [2.75, 3.05) is 31.5 Å². The molecule has 2 atom stereocenters. The first-order valence-electron chi connectivity index (χ1n) is 20.4. The van der Waals surface area contributed by atoms with Crippen LogP contribution in [0.25, 0.3) is 22.3 Å². The molecule has 4 aromatic carbocycles. The number of ether oxygens (including phenoxy) is 3. The summed E-state index contributed by atoms with van der Waals surface area (Å²) in [5.74, 6) is 1.66. The third kappa shape index (κ3) is 9.17. The van der Waals surface area contributed by atoms with Gasteiger partial charge in [0.1, 0.15) is 28.3 Å². The quantitative estimate of drug-likeness (QED) is 0.113. The van der Waals surface area contributed by atoms with Gasteiger partial charge < -0.3 is 34.2 Å². The average Bonchev–Trinajstić information content (AvgIpc) is 3.99. The summed E-state index contributed by atoms with van der Waals surface area (Å²) in [6.07, 6.45) is 2.24. The molecule has 7 rings (SSSR count). The normalized spacial score (nSPS) is 16.7. The number of alkyl carbamates (subject to hydrolysis) is 1. The molecule has 2 unspecified atom stereocenters. The van der Waals surface area contributed by atoms with E-state index in [4.69, 9.17) is 18.6 Å². The maximum Gasteiger partial charge on any atom is 0.410 e. The summed E-state index contributed by atoms with van der Waals surface area (Å²) >= 11 is 0. The lowest BCUT2D eigenvalue weighted by Crippen LogP contribution is -2.39. The van der Waals surface area contributed by atoms with Crippen molar-refractivity contribution in [3.63, 3.8) is 0 Å². The van der Waals surface area contributed by atoms with Crippen LogP contribution in [-0.4, -0.2) is 54.5 Å². The number of carbonyl (C=O) groups is 2. The van der Waals surface area contributed by atoms with Crippen LogP contribution < -0.4 is 20.8 Å². The molecular formula is C48H55N3O7. The number of benzene rings is 4. The Morgan fingerprint density at radius 3 is 2.05 bits per heavy atom. The highest BCUT2D eigenvalue weighted by Crippen LogP contribution is 2.66. The Balaban J connectivity index is 0.990. The lowest BCUT2D eigenvalue weighted by molar-refractivity contribution is 0.0245. The molecule has 58 heavy (non-hydrogen) atoms. The van der Waals surface area contributed by atoms with E-state index in [2.05, 4.69) is 59.2 Å². The molecule has 1 saturated carbocycles. The van der Waals surface area contributed by atoms with Crippen LogP contribution >= 0.6 is 0 Å². The van der Waals surface area contributed by atoms with Gasteiger partial charge in [-0.15, -0.1) is 0 Å². The molecule has 1 fully saturated rings. The molecule has 5 aromatic rings. The monoisotopic (exact) mass is 785 g/mol. The summed E-state index contributed by atoms with van der Waals surface area (Å²) in [4.78, 5) is 40.2. The maximum atomic E-state index is 13.6. The maximum absolute atomic E-state index is 13.6. The molecule has 10 nitrogen and oxygen atoms in total. The Labute approximate surface area is 340 Å². The average molecular weight is 786 g/mol. The predicted octanol–water partition coefficient (Wildman–Crippen LogP) is 10.2. The van der Waals surface area contributed by atoms with Crippen LogP contribution in [0.1, 0.15) is 89.8 Å². The fourth-order valence-corrected chi connectivity index (χ4v) is 7.91. The van der Waals surface area contributed by atoms with Crippen LogP contribution in [0, 0.1) is 5.92 Å². The first-order valence-corrected chi connectivity index (χ1v) is 20.4. The number of rotatable bonds is 13. The molecule has 2 heterocycles. The van der Waals surface area contributed by atoms with Gasteiger partial charge in [0, 0.05) is 66.1 Å². The van der Waals surface area contributed by atoms with E-state index in [0.717, 1.165) is 53.0 Å². The van der Waals surface area contributed by atoms with Gasteiger partial charge in [-0.25, -0.2) is 9.59 Å². The minimum Gasteiger partial charge on any atom is -0.477 e. The third-order valence-corrected chi connectivity index (χ3v) is 10.5. The van der Waals surface area contributed by atoms with Crippen molar-refractivity contribution in [1.29, 1.82) is 0 Å². The van der Waals surface area contributed by atoms with Crippen molar-refractivity contribution in [1.82, 2.24) is 10.2 Å². The van der Waals surface area contributed by atoms with Crippen LogP contribution in [0.15, 0.2) is 112 Å². The summed E-state index contributed by atoms with van der Waals surface area (Å²) in [6.45, 7) is 13.1. The highest BCUT2D eigenvalue weighted by atomic mass is 16.6. The predicted molar refractivity (Wildman–Crippen MR) is 227 cm³/mol. The molecule has 304 valence electrons. The summed E-state index contributed by atoms with van der Waals surface area (Å²) in [5.41, 5.74) is 3.66. The van der Waals surface area contributed by atoms with Crippen molar-refractivity contribution in [2.24, 2.45) is 5.92 Å².